The van der Waals surface area contributed by atoms with Gasteiger partial charge in [0.2, 0.25) is 5.91 Å². The molecule has 0 unspecified atom stereocenters. The number of carbonyl (C=O) groups excluding carboxylic acids is 1. The number of nitrogens with zero attached hydrogens (tertiary/aromatic N) is 1. The SMILES string of the molecule is CC(C)(C)SCC(=O)N1CCC(c2ccc(O)cc2)CC1. The zero-order valence-corrected chi connectivity index (χ0v) is 13.9. The smallest absolute Gasteiger partial charge is 0.232 e. The molecule has 0 saturated carbocycles. The molecule has 1 N–H and O–H groups in total. The Balaban J connectivity index is 1.82. The number of benzene rings is 1. The van der Waals surface area contributed by atoms with Crippen molar-refractivity contribution in [3.63, 3.8) is 0 Å². The molecule has 1 heterocycles. The summed E-state index contributed by atoms with van der Waals surface area (Å²) in [5.41, 5.74) is 1.27. The van der Waals surface area contributed by atoms with E-state index in [1.807, 2.05) is 17.0 Å². The second-order valence-electron chi connectivity index (χ2n) is 6.65. The number of amides is 1. The first kappa shape index (κ1) is 16.2. The van der Waals surface area contributed by atoms with E-state index in [1.54, 1.807) is 23.9 Å². The minimum atomic E-state index is 0.139. The molecule has 4 heteroatoms. The Morgan fingerprint density at radius 2 is 1.81 bits per heavy atom. The molecule has 1 aliphatic heterocycles. The van der Waals surface area contributed by atoms with Crippen molar-refractivity contribution in [2.75, 3.05) is 18.8 Å². The quantitative estimate of drug-likeness (QED) is 0.927. The minimum Gasteiger partial charge on any atom is -0.508 e. The summed E-state index contributed by atoms with van der Waals surface area (Å²) in [6, 6.07) is 7.47. The molecule has 3 nitrogen and oxygen atoms in total. The van der Waals surface area contributed by atoms with E-state index < -0.39 is 0 Å². The van der Waals surface area contributed by atoms with Crippen molar-refractivity contribution in [3.05, 3.63) is 29.8 Å². The monoisotopic (exact) mass is 307 g/mol. The molecule has 1 amide bonds. The van der Waals surface area contributed by atoms with E-state index in [9.17, 15) is 9.90 Å². The zero-order chi connectivity index (χ0) is 15.5. The maximum Gasteiger partial charge on any atom is 0.232 e. The molecule has 0 aromatic heterocycles. The van der Waals surface area contributed by atoms with E-state index >= 15 is 0 Å². The van der Waals surface area contributed by atoms with E-state index in [4.69, 9.17) is 0 Å². The van der Waals surface area contributed by atoms with Gasteiger partial charge in [0.15, 0.2) is 0 Å². The molecular weight excluding hydrogens is 282 g/mol. The normalized spacial score (nSPS) is 17.0. The van der Waals surface area contributed by atoms with Crippen molar-refractivity contribution >= 4 is 17.7 Å². The molecule has 1 fully saturated rings. The summed E-state index contributed by atoms with van der Waals surface area (Å²) in [4.78, 5) is 14.2. The van der Waals surface area contributed by atoms with Crippen molar-refractivity contribution in [2.24, 2.45) is 0 Å². The van der Waals surface area contributed by atoms with Crippen LogP contribution in [0, 0.1) is 0 Å². The number of hydrogen-bond donors (Lipinski definition) is 1. The summed E-state index contributed by atoms with van der Waals surface area (Å²) in [6.45, 7) is 8.11. The van der Waals surface area contributed by atoms with Gasteiger partial charge >= 0.3 is 0 Å². The highest BCUT2D eigenvalue weighted by Crippen LogP contribution is 2.30. The van der Waals surface area contributed by atoms with Crippen molar-refractivity contribution in [3.8, 4) is 5.75 Å². The zero-order valence-electron chi connectivity index (χ0n) is 13.1. The Kier molecular flexibility index (Phi) is 5.20. The Labute approximate surface area is 131 Å². The summed E-state index contributed by atoms with van der Waals surface area (Å²) in [5, 5.41) is 9.34. The van der Waals surface area contributed by atoms with E-state index in [-0.39, 0.29) is 10.7 Å². The Bertz CT molecular complexity index is 471. The van der Waals surface area contributed by atoms with Gasteiger partial charge in [-0.2, -0.15) is 0 Å². The Morgan fingerprint density at radius 3 is 2.33 bits per heavy atom. The average molecular weight is 307 g/mol. The Hall–Kier alpha value is -1.16. The van der Waals surface area contributed by atoms with Crippen LogP contribution in [0.2, 0.25) is 0 Å². The molecule has 1 saturated heterocycles. The van der Waals surface area contributed by atoms with Gasteiger partial charge in [-0.3, -0.25) is 4.79 Å². The molecule has 0 bridgehead atoms. The van der Waals surface area contributed by atoms with Crippen LogP contribution in [-0.4, -0.2) is 39.5 Å². The van der Waals surface area contributed by atoms with E-state index in [0.29, 0.717) is 17.4 Å². The topological polar surface area (TPSA) is 40.5 Å². The second kappa shape index (κ2) is 6.73. The molecule has 2 rings (SSSR count). The van der Waals surface area contributed by atoms with Gasteiger partial charge in [-0.15, -0.1) is 11.8 Å². The fraction of sp³-hybridized carbons (Fsp3) is 0.588. The first-order valence-electron chi connectivity index (χ1n) is 7.56. The van der Waals surface area contributed by atoms with Crippen LogP contribution >= 0.6 is 11.8 Å². The third-order valence-corrected chi connectivity index (χ3v) is 5.10. The number of rotatable bonds is 3. The summed E-state index contributed by atoms with van der Waals surface area (Å²) in [6.07, 6.45) is 2.02. The lowest BCUT2D eigenvalue weighted by Gasteiger charge is -2.33. The average Bonchev–Trinajstić information content (AvgIpc) is 2.45. The molecule has 0 atom stereocenters. The van der Waals surface area contributed by atoms with Gasteiger partial charge < -0.3 is 10.0 Å². The summed E-state index contributed by atoms with van der Waals surface area (Å²) < 4.78 is 0.139. The molecule has 116 valence electrons. The Morgan fingerprint density at radius 1 is 1.24 bits per heavy atom. The number of phenolic OH excluding ortho intramolecular Hbond substituents is 1. The lowest BCUT2D eigenvalue weighted by molar-refractivity contribution is -0.129. The second-order valence-corrected chi connectivity index (χ2v) is 8.45. The number of carbonyl (C=O) groups is 1. The molecule has 21 heavy (non-hydrogen) atoms. The molecular formula is C17H25NO2S. The van der Waals surface area contributed by atoms with Crippen LogP contribution < -0.4 is 0 Å². The van der Waals surface area contributed by atoms with Gasteiger partial charge in [0.05, 0.1) is 5.75 Å². The summed E-state index contributed by atoms with van der Waals surface area (Å²) in [7, 11) is 0. The highest BCUT2D eigenvalue weighted by molar-refractivity contribution is 8.01. The number of phenols is 1. The molecule has 0 spiro atoms. The van der Waals surface area contributed by atoms with Crippen LogP contribution in [0.5, 0.6) is 5.75 Å². The lowest BCUT2D eigenvalue weighted by atomic mass is 9.89. The fourth-order valence-corrected chi connectivity index (χ4v) is 3.32. The predicted molar refractivity (Wildman–Crippen MR) is 88.9 cm³/mol. The number of likely N-dealkylation sites (tertiary alicyclic amines) is 1. The van der Waals surface area contributed by atoms with Gasteiger partial charge in [-0.1, -0.05) is 32.9 Å². The minimum absolute atomic E-state index is 0.139. The van der Waals surface area contributed by atoms with E-state index in [0.717, 1.165) is 25.9 Å². The molecule has 1 aromatic carbocycles. The van der Waals surface area contributed by atoms with Crippen LogP contribution in [0.1, 0.15) is 45.1 Å². The molecule has 1 aliphatic rings. The van der Waals surface area contributed by atoms with Crippen molar-refractivity contribution in [1.82, 2.24) is 4.90 Å². The van der Waals surface area contributed by atoms with Crippen LogP contribution in [0.3, 0.4) is 0 Å². The van der Waals surface area contributed by atoms with Crippen molar-refractivity contribution < 1.29 is 9.90 Å². The maximum atomic E-state index is 12.2. The molecule has 0 radical (unpaired) electrons. The third kappa shape index (κ3) is 4.95. The largest absolute Gasteiger partial charge is 0.508 e. The predicted octanol–water partition coefficient (Wildman–Crippen LogP) is 3.63. The number of hydrogen-bond acceptors (Lipinski definition) is 3. The summed E-state index contributed by atoms with van der Waals surface area (Å²) >= 11 is 1.72. The first-order chi connectivity index (χ1) is 9.85. The van der Waals surface area contributed by atoms with Gasteiger partial charge in [0, 0.05) is 17.8 Å². The third-order valence-electron chi connectivity index (χ3n) is 3.84. The first-order valence-corrected chi connectivity index (χ1v) is 8.54. The number of thioether (sulfide) groups is 1. The fourth-order valence-electron chi connectivity index (χ4n) is 2.58. The van der Waals surface area contributed by atoms with Crippen LogP contribution in [0.15, 0.2) is 24.3 Å². The van der Waals surface area contributed by atoms with Crippen LogP contribution in [0.25, 0.3) is 0 Å². The van der Waals surface area contributed by atoms with E-state index in [1.165, 1.54) is 5.56 Å². The van der Waals surface area contributed by atoms with Gasteiger partial charge in [-0.25, -0.2) is 0 Å². The standard InChI is InChI=1S/C17H25NO2S/c1-17(2,3)21-12-16(20)18-10-8-14(9-11-18)13-4-6-15(19)7-5-13/h4-7,14,19H,8-12H2,1-3H3. The maximum absolute atomic E-state index is 12.2. The highest BCUT2D eigenvalue weighted by Gasteiger charge is 2.24. The highest BCUT2D eigenvalue weighted by atomic mass is 32.2. The number of aromatic hydroxyl groups is 1. The van der Waals surface area contributed by atoms with Gasteiger partial charge in [0.25, 0.3) is 0 Å². The number of piperidine rings is 1. The molecule has 1 aromatic rings. The van der Waals surface area contributed by atoms with Crippen LogP contribution in [0.4, 0.5) is 0 Å². The van der Waals surface area contributed by atoms with E-state index in [2.05, 4.69) is 20.8 Å². The van der Waals surface area contributed by atoms with Crippen LogP contribution in [-0.2, 0) is 4.79 Å². The lowest BCUT2D eigenvalue weighted by Crippen LogP contribution is -2.39. The summed E-state index contributed by atoms with van der Waals surface area (Å²) in [5.74, 6) is 1.66. The van der Waals surface area contributed by atoms with Gasteiger partial charge in [0.1, 0.15) is 5.75 Å². The van der Waals surface area contributed by atoms with Gasteiger partial charge in [-0.05, 0) is 36.5 Å². The van der Waals surface area contributed by atoms with Crippen molar-refractivity contribution in [1.29, 1.82) is 0 Å². The molecule has 0 aliphatic carbocycles. The van der Waals surface area contributed by atoms with Crippen molar-refractivity contribution in [2.45, 2.75) is 44.3 Å².